The van der Waals surface area contributed by atoms with Crippen molar-refractivity contribution in [1.82, 2.24) is 5.32 Å². The Labute approximate surface area is 234 Å². The first-order chi connectivity index (χ1) is 19.2. The molecule has 1 aliphatic carbocycles. The highest BCUT2D eigenvalue weighted by molar-refractivity contribution is 7.91. The summed E-state index contributed by atoms with van der Waals surface area (Å²) in [6.07, 6.45) is 2.78. The first-order valence-corrected chi connectivity index (χ1v) is 15.0. The second-order valence-corrected chi connectivity index (χ2v) is 12.5. The fourth-order valence-corrected chi connectivity index (χ4v) is 7.42. The van der Waals surface area contributed by atoms with Crippen LogP contribution in [0.2, 0.25) is 0 Å². The minimum atomic E-state index is -4.02. The van der Waals surface area contributed by atoms with Crippen LogP contribution in [0.3, 0.4) is 0 Å². The Hall–Kier alpha value is -4.23. The molecule has 0 unspecified atom stereocenters. The fourth-order valence-electron chi connectivity index (χ4n) is 5.79. The minimum Gasteiger partial charge on any atom is -0.345 e. The first-order valence-electron chi connectivity index (χ1n) is 13.5. The van der Waals surface area contributed by atoms with Crippen LogP contribution in [0.1, 0.15) is 67.4 Å². The van der Waals surface area contributed by atoms with E-state index in [0.717, 1.165) is 41.5 Å². The maximum Gasteiger partial charge on any atom is 0.259 e. The number of fused-ring (bicyclic) bond motifs is 3. The molecule has 202 valence electrons. The molecule has 1 aliphatic heterocycles. The van der Waals surface area contributed by atoms with E-state index in [0.29, 0.717) is 5.56 Å². The van der Waals surface area contributed by atoms with Gasteiger partial charge in [0.15, 0.2) is 0 Å². The van der Waals surface area contributed by atoms with Gasteiger partial charge in [-0.2, -0.15) is 0 Å². The minimum absolute atomic E-state index is 0.00988. The third-order valence-electron chi connectivity index (χ3n) is 7.96. The molecule has 2 amide bonds. The van der Waals surface area contributed by atoms with Gasteiger partial charge in [0, 0.05) is 5.56 Å². The van der Waals surface area contributed by atoms with Crippen molar-refractivity contribution in [2.45, 2.75) is 55.5 Å². The van der Waals surface area contributed by atoms with Gasteiger partial charge in [-0.25, -0.2) is 8.42 Å². The van der Waals surface area contributed by atoms with Crippen molar-refractivity contribution >= 4 is 27.3 Å². The summed E-state index contributed by atoms with van der Waals surface area (Å²) in [6, 6.07) is 24.8. The topological polar surface area (TPSA) is 83.6 Å². The Morgan fingerprint density at radius 2 is 1.70 bits per heavy atom. The number of nitrogens with zero attached hydrogens (tertiary/aromatic N) is 1. The summed E-state index contributed by atoms with van der Waals surface area (Å²) in [7, 11) is -4.02. The molecule has 0 bridgehead atoms. The molecule has 2 aliphatic rings. The normalized spacial score (nSPS) is 17.3. The van der Waals surface area contributed by atoms with Crippen molar-refractivity contribution in [3.63, 3.8) is 0 Å². The zero-order chi connectivity index (χ0) is 28.0. The Morgan fingerprint density at radius 1 is 0.925 bits per heavy atom. The summed E-state index contributed by atoms with van der Waals surface area (Å²) in [5.41, 5.74) is 5.91. The summed E-state index contributed by atoms with van der Waals surface area (Å²) in [4.78, 5) is 29.0. The predicted molar refractivity (Wildman–Crippen MR) is 154 cm³/mol. The average molecular weight is 551 g/mol. The molecule has 40 heavy (non-hydrogen) atoms. The number of sulfone groups is 1. The summed E-state index contributed by atoms with van der Waals surface area (Å²) in [5, 5.41) is 3.15. The number of nitrogens with one attached hydrogen (secondary N) is 1. The largest absolute Gasteiger partial charge is 0.345 e. The molecular weight excluding hydrogens is 520 g/mol. The lowest BCUT2D eigenvalue weighted by atomic mass is 9.87. The Morgan fingerprint density at radius 3 is 2.55 bits per heavy atom. The number of carbonyl (C=O) groups excluding carboxylic acids is 2. The summed E-state index contributed by atoms with van der Waals surface area (Å²) in [5.74, 6) is -0.722. The number of aryl methyl sites for hydroxylation is 3. The summed E-state index contributed by atoms with van der Waals surface area (Å²) >= 11 is 0. The van der Waals surface area contributed by atoms with E-state index in [1.807, 2.05) is 50.2 Å². The van der Waals surface area contributed by atoms with Crippen molar-refractivity contribution < 1.29 is 18.0 Å². The fraction of sp³-hybridized carbons (Fsp3) is 0.212. The van der Waals surface area contributed by atoms with Crippen LogP contribution in [0.25, 0.3) is 0 Å². The maximum atomic E-state index is 14.0. The standard InChI is InChI=1S/C33H30N2O4S/c1-21-14-15-22(2)25(18-21)20-35-29-19-24(32(36)34-28-12-7-9-23-8-3-4-10-26(23)28)16-17-31(29)40(38,39)30-13-6-5-11-27(30)33(35)37/h3-6,8,10-11,13-19,28H,7,9,12,20H2,1-2H3,(H,34,36)/t28-/m0/s1. The van der Waals surface area contributed by atoms with Crippen LogP contribution in [-0.4, -0.2) is 20.2 Å². The van der Waals surface area contributed by atoms with Gasteiger partial charge >= 0.3 is 0 Å². The van der Waals surface area contributed by atoms with Crippen molar-refractivity contribution in [3.8, 4) is 0 Å². The predicted octanol–water partition coefficient (Wildman–Crippen LogP) is 6.10. The number of benzene rings is 4. The van der Waals surface area contributed by atoms with Crippen molar-refractivity contribution in [3.05, 3.63) is 124 Å². The van der Waals surface area contributed by atoms with Gasteiger partial charge in [0.2, 0.25) is 9.84 Å². The van der Waals surface area contributed by atoms with Gasteiger partial charge in [-0.15, -0.1) is 0 Å². The summed E-state index contributed by atoms with van der Waals surface area (Å²) < 4.78 is 27.7. The lowest BCUT2D eigenvalue weighted by molar-refractivity contribution is 0.0930. The van der Waals surface area contributed by atoms with Crippen LogP contribution >= 0.6 is 0 Å². The van der Waals surface area contributed by atoms with Crippen molar-refractivity contribution in [2.24, 2.45) is 0 Å². The molecule has 1 atom stereocenters. The zero-order valence-electron chi connectivity index (χ0n) is 22.5. The van der Waals surface area contributed by atoms with E-state index in [4.69, 9.17) is 0 Å². The van der Waals surface area contributed by atoms with Crippen LogP contribution < -0.4 is 10.2 Å². The van der Waals surface area contributed by atoms with E-state index in [2.05, 4.69) is 11.4 Å². The third kappa shape index (κ3) is 4.50. The Kier molecular flexibility index (Phi) is 6.55. The van der Waals surface area contributed by atoms with Crippen LogP contribution in [0, 0.1) is 13.8 Å². The number of hydrogen-bond donors (Lipinski definition) is 1. The van der Waals surface area contributed by atoms with Crippen LogP contribution in [-0.2, 0) is 22.8 Å². The lowest BCUT2D eigenvalue weighted by Gasteiger charge is -2.27. The number of carbonyl (C=O) groups is 2. The van der Waals surface area contributed by atoms with Gasteiger partial charge in [0.1, 0.15) is 0 Å². The molecule has 7 heteroatoms. The smallest absolute Gasteiger partial charge is 0.259 e. The zero-order valence-corrected chi connectivity index (χ0v) is 23.3. The number of hydrogen-bond acceptors (Lipinski definition) is 4. The molecule has 0 radical (unpaired) electrons. The lowest BCUT2D eigenvalue weighted by Crippen LogP contribution is -2.32. The highest BCUT2D eigenvalue weighted by Gasteiger charge is 2.36. The molecule has 1 N–H and O–H groups in total. The number of rotatable bonds is 4. The molecule has 6 nitrogen and oxygen atoms in total. The molecule has 4 aromatic rings. The number of anilines is 1. The van der Waals surface area contributed by atoms with Gasteiger partial charge < -0.3 is 10.2 Å². The van der Waals surface area contributed by atoms with Crippen LogP contribution in [0.4, 0.5) is 5.69 Å². The monoisotopic (exact) mass is 550 g/mol. The molecule has 0 fully saturated rings. The van der Waals surface area contributed by atoms with Gasteiger partial charge in [-0.1, -0.05) is 60.2 Å². The second-order valence-electron chi connectivity index (χ2n) is 10.6. The van der Waals surface area contributed by atoms with Gasteiger partial charge in [0.05, 0.1) is 33.6 Å². The van der Waals surface area contributed by atoms with E-state index in [9.17, 15) is 18.0 Å². The first kappa shape index (κ1) is 26.0. The number of amides is 2. The van der Waals surface area contributed by atoms with Gasteiger partial charge in [-0.05, 0) is 85.7 Å². The SMILES string of the molecule is Cc1ccc(C)c(CN2C(=O)c3ccccc3S(=O)(=O)c3ccc(C(=O)N[C@H]4CCCc5ccccc54)cc32)c1. The Balaban J connectivity index is 1.45. The molecule has 0 spiro atoms. The molecular formula is C33H30N2O4S. The quantitative estimate of drug-likeness (QED) is 0.333. The van der Waals surface area contributed by atoms with Gasteiger partial charge in [-0.3, -0.25) is 9.59 Å². The molecule has 4 aromatic carbocycles. The van der Waals surface area contributed by atoms with E-state index in [-0.39, 0.29) is 39.5 Å². The molecule has 0 saturated heterocycles. The summed E-state index contributed by atoms with van der Waals surface area (Å²) in [6.45, 7) is 4.12. The third-order valence-corrected chi connectivity index (χ3v) is 9.82. The van der Waals surface area contributed by atoms with E-state index >= 15 is 0 Å². The maximum absolute atomic E-state index is 14.0. The Bertz CT molecular complexity index is 1780. The molecule has 0 saturated carbocycles. The van der Waals surface area contributed by atoms with Crippen molar-refractivity contribution in [1.29, 1.82) is 0 Å². The highest BCUT2D eigenvalue weighted by atomic mass is 32.2. The van der Waals surface area contributed by atoms with Crippen molar-refractivity contribution in [2.75, 3.05) is 4.90 Å². The second kappa shape index (κ2) is 10.1. The average Bonchev–Trinajstić information content (AvgIpc) is 3.03. The van der Waals surface area contributed by atoms with E-state index in [1.54, 1.807) is 24.3 Å². The van der Waals surface area contributed by atoms with Crippen LogP contribution in [0.5, 0.6) is 0 Å². The van der Waals surface area contributed by atoms with E-state index in [1.165, 1.54) is 28.7 Å². The van der Waals surface area contributed by atoms with Crippen LogP contribution in [0.15, 0.2) is 94.7 Å². The highest BCUT2D eigenvalue weighted by Crippen LogP contribution is 2.39. The molecule has 0 aromatic heterocycles. The molecule has 1 heterocycles. The molecule has 6 rings (SSSR count). The van der Waals surface area contributed by atoms with Gasteiger partial charge in [0.25, 0.3) is 11.8 Å². The van der Waals surface area contributed by atoms with E-state index < -0.39 is 15.7 Å².